The van der Waals surface area contributed by atoms with Crippen LogP contribution in [0.1, 0.15) is 50.7 Å². The molecule has 0 saturated carbocycles. The van der Waals surface area contributed by atoms with Crippen LogP contribution in [-0.4, -0.2) is 7.05 Å². The lowest BCUT2D eigenvalue weighted by Crippen LogP contribution is -3.00. The third kappa shape index (κ3) is 3.39. The van der Waals surface area contributed by atoms with Gasteiger partial charge in [-0.05, 0) is 11.8 Å². The molecule has 3 heteroatoms. The fourth-order valence-corrected chi connectivity index (χ4v) is 1.79. The monoisotopic (exact) mass is 241 g/mol. The first-order valence-electron chi connectivity index (χ1n) is 5.69. The summed E-state index contributed by atoms with van der Waals surface area (Å²) in [7, 11) is 1.97. The summed E-state index contributed by atoms with van der Waals surface area (Å²) in [6.07, 6.45) is 0. The maximum atomic E-state index is 4.52. The Hall–Kier alpha value is -0.730. The standard InChI is InChI=1S/C13H22N2.ClH/c1-9(2)11-7-6-8-12(10(3)4)13(11)15-14-5;/h6-10H,14H2,1-5H3;1H/p-1. The predicted molar refractivity (Wildman–Crippen MR) is 65.5 cm³/mol. The summed E-state index contributed by atoms with van der Waals surface area (Å²) in [6.45, 7) is 8.87. The number of nitrogens with zero attached hydrogens (tertiary/aromatic N) is 1. The highest BCUT2D eigenvalue weighted by Gasteiger charge is 2.07. The Balaban J connectivity index is 0.00000225. The molecule has 16 heavy (non-hydrogen) atoms. The van der Waals surface area contributed by atoms with Gasteiger partial charge in [0.25, 0.3) is 0 Å². The first-order chi connectivity index (χ1) is 7.07. The van der Waals surface area contributed by atoms with Crippen molar-refractivity contribution in [2.45, 2.75) is 39.5 Å². The molecule has 1 aromatic rings. The molecule has 1 aromatic carbocycles. The Labute approximate surface area is 105 Å². The van der Waals surface area contributed by atoms with Crippen LogP contribution in [0.3, 0.4) is 0 Å². The fraction of sp³-hybridized carbons (Fsp3) is 0.538. The molecule has 0 amide bonds. The van der Waals surface area contributed by atoms with Crippen molar-refractivity contribution in [1.82, 2.24) is 0 Å². The van der Waals surface area contributed by atoms with Crippen molar-refractivity contribution in [3.8, 4) is 0 Å². The molecule has 0 unspecified atom stereocenters. The second-order valence-corrected chi connectivity index (χ2v) is 4.48. The molecule has 0 radical (unpaired) electrons. The first-order valence-corrected chi connectivity index (χ1v) is 5.69. The van der Waals surface area contributed by atoms with E-state index < -0.39 is 0 Å². The quantitative estimate of drug-likeness (QED) is 0.571. The van der Waals surface area contributed by atoms with E-state index >= 15 is 0 Å². The Morgan fingerprint density at radius 3 is 1.75 bits per heavy atom. The van der Waals surface area contributed by atoms with Crippen molar-refractivity contribution in [3.63, 3.8) is 0 Å². The topological polar surface area (TPSA) is 30.7 Å². The van der Waals surface area contributed by atoms with E-state index in [0.29, 0.717) is 11.8 Å². The van der Waals surface area contributed by atoms with Crippen LogP contribution in [0.4, 0.5) is 5.69 Å². The molecule has 0 aliphatic rings. The number of hydrogen-bond acceptors (Lipinski definition) is 0. The molecule has 2 nitrogen and oxygen atoms in total. The molecule has 1 rings (SSSR count). The third-order valence-electron chi connectivity index (χ3n) is 2.60. The van der Waals surface area contributed by atoms with Crippen LogP contribution < -0.4 is 17.8 Å². The summed E-state index contributed by atoms with van der Waals surface area (Å²) in [6, 6.07) is 6.50. The minimum Gasteiger partial charge on any atom is -1.00 e. The maximum Gasteiger partial charge on any atom is 0.0603 e. The van der Waals surface area contributed by atoms with Crippen LogP contribution >= 0.6 is 0 Å². The molecule has 0 saturated heterocycles. The summed E-state index contributed by atoms with van der Waals surface area (Å²) in [5.41, 5.74) is 10.3. The lowest BCUT2D eigenvalue weighted by Gasteiger charge is -2.27. The van der Waals surface area contributed by atoms with Crippen LogP contribution in [0, 0.1) is 0 Å². The fourth-order valence-electron chi connectivity index (χ4n) is 1.79. The van der Waals surface area contributed by atoms with Gasteiger partial charge in [-0.2, -0.15) is 0 Å². The highest BCUT2D eigenvalue weighted by molar-refractivity contribution is 5.61. The second-order valence-electron chi connectivity index (χ2n) is 4.48. The summed E-state index contributed by atoms with van der Waals surface area (Å²) >= 11 is 0. The van der Waals surface area contributed by atoms with Crippen LogP contribution in [-0.2, 0) is 0 Å². The highest BCUT2D eigenvalue weighted by Crippen LogP contribution is 2.35. The van der Waals surface area contributed by atoms with Gasteiger partial charge in [0.1, 0.15) is 0 Å². The van der Waals surface area contributed by atoms with Crippen molar-refractivity contribution in [3.05, 3.63) is 34.8 Å². The van der Waals surface area contributed by atoms with Crippen LogP contribution in [0.15, 0.2) is 18.2 Å². The van der Waals surface area contributed by atoms with Crippen LogP contribution in [0.25, 0.3) is 5.43 Å². The van der Waals surface area contributed by atoms with E-state index in [9.17, 15) is 0 Å². The molecular formula is C13H22ClN2-. The summed E-state index contributed by atoms with van der Waals surface area (Å²) in [4.78, 5) is 0. The molecule has 0 spiro atoms. The molecular weight excluding hydrogens is 220 g/mol. The zero-order valence-electron chi connectivity index (χ0n) is 10.8. The predicted octanol–water partition coefficient (Wildman–Crippen LogP) is 0.0508. The number of quaternary nitrogens is 1. The zero-order valence-corrected chi connectivity index (χ0v) is 11.5. The van der Waals surface area contributed by atoms with Gasteiger partial charge in [-0.3, -0.25) is 0 Å². The molecule has 2 N–H and O–H groups in total. The van der Waals surface area contributed by atoms with Gasteiger partial charge in [0.2, 0.25) is 0 Å². The number of rotatable bonds is 4. The van der Waals surface area contributed by atoms with Gasteiger partial charge in [-0.15, -0.1) is 0 Å². The Morgan fingerprint density at radius 1 is 1.00 bits per heavy atom. The average molecular weight is 242 g/mol. The largest absolute Gasteiger partial charge is 1.00 e. The van der Waals surface area contributed by atoms with Crippen molar-refractivity contribution >= 4 is 5.69 Å². The molecule has 0 aliphatic carbocycles. The number of hydrogen-bond donors (Lipinski definition) is 1. The SMILES string of the molecule is C[NH2+][N-]c1c(C(C)C)cccc1C(C)C.[Cl-]. The molecule has 0 heterocycles. The van der Waals surface area contributed by atoms with Crippen LogP contribution in [0.5, 0.6) is 0 Å². The van der Waals surface area contributed by atoms with Gasteiger partial charge in [-0.1, -0.05) is 62.7 Å². The van der Waals surface area contributed by atoms with E-state index in [2.05, 4.69) is 51.3 Å². The van der Waals surface area contributed by atoms with Gasteiger partial charge in [0, 0.05) is 0 Å². The maximum absolute atomic E-state index is 4.52. The van der Waals surface area contributed by atoms with Crippen molar-refractivity contribution in [2.24, 2.45) is 0 Å². The van der Waals surface area contributed by atoms with E-state index in [1.165, 1.54) is 16.8 Å². The van der Waals surface area contributed by atoms with E-state index in [0.717, 1.165) is 0 Å². The van der Waals surface area contributed by atoms with E-state index in [1.54, 1.807) is 0 Å². The molecule has 0 atom stereocenters. The molecule has 0 aliphatic heterocycles. The third-order valence-corrected chi connectivity index (χ3v) is 2.60. The Kier molecular flexibility index (Phi) is 6.46. The smallest absolute Gasteiger partial charge is 0.0603 e. The van der Waals surface area contributed by atoms with Gasteiger partial charge < -0.3 is 23.3 Å². The normalized spacial score (nSPS) is 10.4. The van der Waals surface area contributed by atoms with Gasteiger partial charge >= 0.3 is 0 Å². The molecule has 0 fully saturated rings. The number of nitrogens with two attached hydrogens (primary N) is 1. The van der Waals surface area contributed by atoms with Crippen molar-refractivity contribution < 1.29 is 17.8 Å². The van der Waals surface area contributed by atoms with Crippen LogP contribution in [0.2, 0.25) is 0 Å². The lowest BCUT2D eigenvalue weighted by atomic mass is 9.93. The van der Waals surface area contributed by atoms with E-state index in [4.69, 9.17) is 0 Å². The minimum absolute atomic E-state index is 0. The van der Waals surface area contributed by atoms with Gasteiger partial charge in [0.05, 0.1) is 7.05 Å². The summed E-state index contributed by atoms with van der Waals surface area (Å²) in [5, 5.41) is 0. The number of benzene rings is 1. The Morgan fingerprint density at radius 2 is 1.44 bits per heavy atom. The zero-order chi connectivity index (χ0) is 11.4. The first kappa shape index (κ1) is 15.3. The number of halogens is 1. The van der Waals surface area contributed by atoms with Gasteiger partial charge in [-0.25, -0.2) is 0 Å². The summed E-state index contributed by atoms with van der Waals surface area (Å²) in [5.74, 6) is 1.06. The van der Waals surface area contributed by atoms with E-state index in [-0.39, 0.29) is 12.4 Å². The molecule has 0 aromatic heterocycles. The van der Waals surface area contributed by atoms with Crippen molar-refractivity contribution in [1.29, 1.82) is 0 Å². The molecule has 0 bridgehead atoms. The minimum atomic E-state index is 0. The second kappa shape index (κ2) is 6.77. The van der Waals surface area contributed by atoms with Gasteiger partial charge in [0.15, 0.2) is 0 Å². The average Bonchev–Trinajstić information content (AvgIpc) is 2.17. The summed E-state index contributed by atoms with van der Waals surface area (Å²) < 4.78 is 0. The lowest BCUT2D eigenvalue weighted by molar-refractivity contribution is -0.571. The van der Waals surface area contributed by atoms with E-state index in [1.807, 2.05) is 12.5 Å². The molecule has 92 valence electrons. The van der Waals surface area contributed by atoms with Crippen molar-refractivity contribution in [2.75, 3.05) is 7.05 Å². The highest BCUT2D eigenvalue weighted by atomic mass is 35.5. The Bertz CT molecular complexity index is 295.